The van der Waals surface area contributed by atoms with Crippen LogP contribution in [0.5, 0.6) is 0 Å². The second kappa shape index (κ2) is 4.59. The second-order valence-corrected chi connectivity index (χ2v) is 4.80. The number of nitrogens with zero attached hydrogens (tertiary/aromatic N) is 3. The number of aromatic nitrogens is 3. The van der Waals surface area contributed by atoms with Crippen molar-refractivity contribution in [2.75, 3.05) is 0 Å². The molecule has 3 rings (SSSR count). The molecule has 1 aromatic carbocycles. The lowest BCUT2D eigenvalue weighted by Gasteiger charge is -2.16. The number of benzene rings is 1. The first-order chi connectivity index (χ1) is 9.43. The lowest BCUT2D eigenvalue weighted by molar-refractivity contribution is -0.137. The number of hydrogen-bond acceptors (Lipinski definition) is 3. The molecule has 106 valence electrons. The Morgan fingerprint density at radius 2 is 2.10 bits per heavy atom. The fourth-order valence-corrected chi connectivity index (χ4v) is 2.25. The molecule has 2 aromatic rings. The van der Waals surface area contributed by atoms with Crippen LogP contribution < -0.4 is 0 Å². The maximum absolute atomic E-state index is 12.7. The van der Waals surface area contributed by atoms with Gasteiger partial charge in [-0.15, -0.1) is 0 Å². The zero-order valence-electron chi connectivity index (χ0n) is 10.4. The first-order valence-electron chi connectivity index (χ1n) is 6.23. The van der Waals surface area contributed by atoms with E-state index in [2.05, 4.69) is 10.1 Å². The van der Waals surface area contributed by atoms with E-state index in [0.717, 1.165) is 12.1 Å². The number of aliphatic hydroxyl groups is 1. The number of alkyl halides is 3. The molecule has 0 amide bonds. The number of hydrogen-bond donors (Lipinski definition) is 1. The molecule has 0 spiro atoms. The lowest BCUT2D eigenvalue weighted by Crippen LogP contribution is -2.23. The summed E-state index contributed by atoms with van der Waals surface area (Å²) < 4.78 is 39.7. The third-order valence-electron chi connectivity index (χ3n) is 3.29. The summed E-state index contributed by atoms with van der Waals surface area (Å²) in [5, 5.41) is 13.8. The monoisotopic (exact) mass is 283 g/mol. The van der Waals surface area contributed by atoms with Gasteiger partial charge in [0.25, 0.3) is 0 Å². The summed E-state index contributed by atoms with van der Waals surface area (Å²) in [6.07, 6.45) is -3.88. The van der Waals surface area contributed by atoms with Crippen molar-refractivity contribution < 1.29 is 18.3 Å². The van der Waals surface area contributed by atoms with E-state index in [0.29, 0.717) is 30.8 Å². The molecular formula is C13H12F3N3O. The average Bonchev–Trinajstić information content (AvgIpc) is 2.81. The predicted molar refractivity (Wildman–Crippen MR) is 64.8 cm³/mol. The van der Waals surface area contributed by atoms with Crippen LogP contribution >= 0.6 is 0 Å². The Balaban J connectivity index is 1.98. The van der Waals surface area contributed by atoms with E-state index in [1.165, 1.54) is 6.07 Å². The van der Waals surface area contributed by atoms with Gasteiger partial charge in [-0.25, -0.2) is 9.67 Å². The molecule has 7 heteroatoms. The molecule has 0 aliphatic carbocycles. The van der Waals surface area contributed by atoms with E-state index in [9.17, 15) is 18.3 Å². The van der Waals surface area contributed by atoms with Gasteiger partial charge in [0.1, 0.15) is 5.82 Å². The normalized spacial score (nSPS) is 18.9. The maximum atomic E-state index is 12.7. The molecule has 1 aliphatic rings. The largest absolute Gasteiger partial charge is 0.416 e. The third kappa shape index (κ3) is 2.40. The highest BCUT2D eigenvalue weighted by Gasteiger charge is 2.31. The van der Waals surface area contributed by atoms with Crippen molar-refractivity contribution in [3.8, 4) is 11.4 Å². The topological polar surface area (TPSA) is 50.9 Å². The van der Waals surface area contributed by atoms with Gasteiger partial charge < -0.3 is 5.11 Å². The van der Waals surface area contributed by atoms with E-state index >= 15 is 0 Å². The van der Waals surface area contributed by atoms with Crippen LogP contribution in [-0.2, 0) is 19.1 Å². The first kappa shape index (κ1) is 13.1. The number of halogens is 3. The number of fused-ring (bicyclic) bond motifs is 1. The number of aliphatic hydroxyl groups excluding tert-OH is 1. The third-order valence-corrected chi connectivity index (χ3v) is 3.29. The lowest BCUT2D eigenvalue weighted by atomic mass is 10.1. The Bertz CT molecular complexity index is 636. The quantitative estimate of drug-likeness (QED) is 0.873. The van der Waals surface area contributed by atoms with Crippen LogP contribution in [-0.4, -0.2) is 26.0 Å². The van der Waals surface area contributed by atoms with Gasteiger partial charge in [0.15, 0.2) is 5.82 Å². The van der Waals surface area contributed by atoms with Crippen LogP contribution in [0.15, 0.2) is 24.3 Å². The predicted octanol–water partition coefficient (Wildman–Crippen LogP) is 2.27. The Labute approximate surface area is 112 Å². The standard InChI is InChI=1S/C13H12F3N3O/c14-13(15,16)9-3-1-2-8(6-9)12-17-11-7-10(20)4-5-19(11)18-12/h1-3,6,10,20H,4-5,7H2. The highest BCUT2D eigenvalue weighted by molar-refractivity contribution is 5.56. The minimum atomic E-state index is -4.38. The molecule has 4 nitrogen and oxygen atoms in total. The van der Waals surface area contributed by atoms with E-state index in [1.54, 1.807) is 10.7 Å². The maximum Gasteiger partial charge on any atom is 0.416 e. The van der Waals surface area contributed by atoms with Gasteiger partial charge in [-0.2, -0.15) is 18.3 Å². The van der Waals surface area contributed by atoms with E-state index in [1.807, 2.05) is 0 Å². The fraction of sp³-hybridized carbons (Fsp3) is 0.385. The Morgan fingerprint density at radius 1 is 1.30 bits per heavy atom. The Kier molecular flexibility index (Phi) is 3.01. The summed E-state index contributed by atoms with van der Waals surface area (Å²) in [6.45, 7) is 0.530. The van der Waals surface area contributed by atoms with Crippen LogP contribution in [0.25, 0.3) is 11.4 Å². The van der Waals surface area contributed by atoms with Crippen molar-refractivity contribution >= 4 is 0 Å². The minimum Gasteiger partial charge on any atom is -0.393 e. The summed E-state index contributed by atoms with van der Waals surface area (Å²) >= 11 is 0. The van der Waals surface area contributed by atoms with E-state index in [-0.39, 0.29) is 5.82 Å². The average molecular weight is 283 g/mol. The van der Waals surface area contributed by atoms with Crippen LogP contribution in [0.2, 0.25) is 0 Å². The van der Waals surface area contributed by atoms with Gasteiger partial charge in [0.05, 0.1) is 11.7 Å². The van der Waals surface area contributed by atoms with Crippen LogP contribution in [0.3, 0.4) is 0 Å². The Morgan fingerprint density at radius 3 is 2.85 bits per heavy atom. The molecular weight excluding hydrogens is 271 g/mol. The molecule has 1 aromatic heterocycles. The van der Waals surface area contributed by atoms with Gasteiger partial charge >= 0.3 is 6.18 Å². The fourth-order valence-electron chi connectivity index (χ4n) is 2.25. The number of aryl methyl sites for hydroxylation is 1. The summed E-state index contributed by atoms with van der Waals surface area (Å²) in [7, 11) is 0. The molecule has 0 bridgehead atoms. The molecule has 0 fully saturated rings. The Hall–Kier alpha value is -1.89. The van der Waals surface area contributed by atoms with Crippen molar-refractivity contribution in [1.82, 2.24) is 14.8 Å². The van der Waals surface area contributed by atoms with Gasteiger partial charge in [-0.3, -0.25) is 0 Å². The molecule has 1 aliphatic heterocycles. The van der Waals surface area contributed by atoms with Gasteiger partial charge in [0, 0.05) is 18.5 Å². The molecule has 2 heterocycles. The number of rotatable bonds is 1. The van der Waals surface area contributed by atoms with Crippen molar-refractivity contribution in [2.24, 2.45) is 0 Å². The van der Waals surface area contributed by atoms with E-state index < -0.39 is 17.8 Å². The van der Waals surface area contributed by atoms with Crippen molar-refractivity contribution in [3.63, 3.8) is 0 Å². The molecule has 20 heavy (non-hydrogen) atoms. The van der Waals surface area contributed by atoms with Crippen LogP contribution in [0.1, 0.15) is 17.8 Å². The van der Waals surface area contributed by atoms with Crippen LogP contribution in [0.4, 0.5) is 13.2 Å². The van der Waals surface area contributed by atoms with Crippen LogP contribution in [0, 0.1) is 0 Å². The van der Waals surface area contributed by atoms with Gasteiger partial charge in [0.2, 0.25) is 0 Å². The molecule has 1 N–H and O–H groups in total. The summed E-state index contributed by atoms with van der Waals surface area (Å²) in [5.74, 6) is 0.872. The van der Waals surface area contributed by atoms with Crippen molar-refractivity contribution in [1.29, 1.82) is 0 Å². The zero-order valence-corrected chi connectivity index (χ0v) is 10.4. The minimum absolute atomic E-state index is 0.264. The molecule has 0 saturated carbocycles. The highest BCUT2D eigenvalue weighted by Crippen LogP contribution is 2.31. The van der Waals surface area contributed by atoms with Gasteiger partial charge in [-0.05, 0) is 18.6 Å². The molecule has 1 unspecified atom stereocenters. The first-order valence-corrected chi connectivity index (χ1v) is 6.23. The highest BCUT2D eigenvalue weighted by atomic mass is 19.4. The summed E-state index contributed by atoms with van der Waals surface area (Å²) in [5.41, 5.74) is -0.390. The molecule has 0 radical (unpaired) electrons. The SMILES string of the molecule is OC1CCn2nc(-c3cccc(C(F)(F)F)c3)nc2C1. The van der Waals surface area contributed by atoms with E-state index in [4.69, 9.17) is 0 Å². The smallest absolute Gasteiger partial charge is 0.393 e. The van der Waals surface area contributed by atoms with Crippen molar-refractivity contribution in [3.05, 3.63) is 35.7 Å². The molecule has 1 atom stereocenters. The second-order valence-electron chi connectivity index (χ2n) is 4.80. The molecule has 0 saturated heterocycles. The van der Waals surface area contributed by atoms with Crippen molar-refractivity contribution in [2.45, 2.75) is 31.7 Å². The summed E-state index contributed by atoms with van der Waals surface area (Å²) in [4.78, 5) is 4.22. The summed E-state index contributed by atoms with van der Waals surface area (Å²) in [6, 6.07) is 4.95. The zero-order chi connectivity index (χ0) is 14.3. The van der Waals surface area contributed by atoms with Gasteiger partial charge in [-0.1, -0.05) is 12.1 Å².